The Kier molecular flexibility index (Phi) is 12.0. The van der Waals surface area contributed by atoms with Gasteiger partial charge in [-0.3, -0.25) is 0 Å². The van der Waals surface area contributed by atoms with Crippen molar-refractivity contribution in [1.29, 1.82) is 0 Å². The zero-order chi connectivity index (χ0) is 38.9. The van der Waals surface area contributed by atoms with Gasteiger partial charge in [-0.25, -0.2) is 14.4 Å². The fourth-order valence-corrected chi connectivity index (χ4v) is 5.72. The summed E-state index contributed by atoms with van der Waals surface area (Å²) in [5, 5.41) is 11.3. The fraction of sp³-hybridized carbons (Fsp3) is 0.465. The maximum Gasteiger partial charge on any atom is 0.345 e. The summed E-state index contributed by atoms with van der Waals surface area (Å²) < 4.78 is 16.0. The molecule has 0 spiro atoms. The molecule has 0 aromatic heterocycles. The molecule has 0 saturated heterocycles. The predicted molar refractivity (Wildman–Crippen MR) is 205 cm³/mol. The van der Waals surface area contributed by atoms with E-state index in [0.29, 0.717) is 34.5 Å². The number of hydrogen-bond donors (Lipinski definition) is 1. The van der Waals surface area contributed by atoms with E-state index in [1.165, 1.54) is 20.3 Å². The highest BCUT2D eigenvalue weighted by atomic mass is 16.5. The van der Waals surface area contributed by atoms with E-state index in [1.54, 1.807) is 24.3 Å². The van der Waals surface area contributed by atoms with Gasteiger partial charge in [-0.2, -0.15) is 0 Å². The Hall–Kier alpha value is -4.59. The number of nitrogens with zero attached hydrogens (tertiary/aromatic N) is 1. The lowest BCUT2D eigenvalue weighted by Gasteiger charge is -2.31. The van der Waals surface area contributed by atoms with E-state index in [-0.39, 0.29) is 22.2 Å². The van der Waals surface area contributed by atoms with E-state index in [1.807, 2.05) is 60.7 Å². The van der Waals surface area contributed by atoms with Crippen LogP contribution in [0, 0.1) is 0 Å². The van der Waals surface area contributed by atoms with Crippen LogP contribution in [0.1, 0.15) is 127 Å². The first kappa shape index (κ1) is 40.8. The maximum absolute atomic E-state index is 14.2. The Morgan fingerprint density at radius 1 is 0.686 bits per heavy atom. The molecule has 0 aliphatic carbocycles. The monoisotopic (exact) mass is 699 g/mol. The number of carbonyl (C=O) groups excluding carboxylic acids is 3. The Labute approximate surface area is 304 Å². The molecule has 1 N–H and O–H groups in total. The molecular formula is C43H57NO7. The van der Waals surface area contributed by atoms with Crippen molar-refractivity contribution in [2.24, 2.45) is 0 Å². The van der Waals surface area contributed by atoms with Crippen LogP contribution in [-0.2, 0) is 47.3 Å². The van der Waals surface area contributed by atoms with Gasteiger partial charge in [-0.05, 0) is 69.2 Å². The van der Waals surface area contributed by atoms with Crippen LogP contribution in [0.2, 0.25) is 0 Å². The quantitative estimate of drug-likeness (QED) is 0.0817. The second kappa shape index (κ2) is 14.9. The van der Waals surface area contributed by atoms with E-state index < -0.39 is 28.7 Å². The smallest absolute Gasteiger partial charge is 0.345 e. The first-order chi connectivity index (χ1) is 23.3. The highest BCUT2D eigenvalue weighted by Crippen LogP contribution is 2.42. The lowest BCUT2D eigenvalue weighted by molar-refractivity contribution is -0.143. The van der Waals surface area contributed by atoms with Crippen molar-refractivity contribution in [2.45, 2.75) is 111 Å². The molecule has 8 nitrogen and oxygen atoms in total. The number of carbonyl (C=O) groups is 3. The second-order valence-electron chi connectivity index (χ2n) is 17.3. The fourth-order valence-electron chi connectivity index (χ4n) is 5.72. The van der Waals surface area contributed by atoms with Crippen molar-refractivity contribution in [3.8, 4) is 11.5 Å². The summed E-state index contributed by atoms with van der Waals surface area (Å²) in [6.07, 6.45) is 1.43. The third kappa shape index (κ3) is 9.81. The molecule has 0 fully saturated rings. The average Bonchev–Trinajstić information content (AvgIpc) is 3.01. The normalized spacial score (nSPS) is 12.2. The molecule has 51 heavy (non-hydrogen) atoms. The number of ether oxygens (including phenoxy) is 3. The van der Waals surface area contributed by atoms with Gasteiger partial charge in [0.25, 0.3) is 0 Å². The highest BCUT2D eigenvalue weighted by molar-refractivity contribution is 6.17. The van der Waals surface area contributed by atoms with Gasteiger partial charge in [0.2, 0.25) is 0 Å². The predicted octanol–water partition coefficient (Wildman–Crippen LogP) is 9.17. The number of benzene rings is 3. The molecular weight excluding hydrogens is 642 g/mol. The van der Waals surface area contributed by atoms with Crippen molar-refractivity contribution in [3.63, 3.8) is 0 Å². The summed E-state index contributed by atoms with van der Waals surface area (Å²) in [4.78, 5) is 40.6. The first-order valence-corrected chi connectivity index (χ1v) is 17.3. The van der Waals surface area contributed by atoms with Gasteiger partial charge in [-0.1, -0.05) is 101 Å². The van der Waals surface area contributed by atoms with Gasteiger partial charge in [0.1, 0.15) is 17.1 Å². The maximum atomic E-state index is 14.2. The molecule has 0 aliphatic rings. The van der Waals surface area contributed by atoms with Crippen molar-refractivity contribution in [2.75, 3.05) is 26.2 Å². The molecule has 0 unspecified atom stereocenters. The van der Waals surface area contributed by atoms with Gasteiger partial charge in [0.15, 0.2) is 0 Å². The van der Waals surface area contributed by atoms with Crippen LogP contribution < -0.4 is 9.64 Å². The zero-order valence-electron chi connectivity index (χ0n) is 33.2. The van der Waals surface area contributed by atoms with E-state index in [0.717, 1.165) is 22.4 Å². The number of phenolic OH excluding ortho intramolecular Hbond substituents is 1. The van der Waals surface area contributed by atoms with Crippen LogP contribution in [0.25, 0.3) is 6.08 Å². The molecule has 0 amide bonds. The lowest BCUT2D eigenvalue weighted by atomic mass is 9.78. The number of aromatic hydroxyl groups is 1. The molecule has 0 radical (unpaired) electrons. The topological polar surface area (TPSA) is 102 Å². The van der Waals surface area contributed by atoms with E-state index in [2.05, 4.69) is 58.6 Å². The van der Waals surface area contributed by atoms with Crippen molar-refractivity contribution >= 4 is 29.7 Å². The molecule has 0 aliphatic heterocycles. The summed E-state index contributed by atoms with van der Waals surface area (Å²) in [6, 6.07) is 15.1. The standard InChI is InChI=1S/C43H57NO7/c1-40(2,3)29-21-28(25-44(13)30-18-16-26(17-19-30)20-31(38(47)49-14)39(48)50-15)36(34(24-29)43(10,11)12)51-37(46)27-22-32(41(4,5)6)35(45)33(23-27)42(7,8)9/h16-24,45H,25H2,1-15H3. The summed E-state index contributed by atoms with van der Waals surface area (Å²) >= 11 is 0. The summed E-state index contributed by atoms with van der Waals surface area (Å²) in [5.41, 5.74) is 4.53. The zero-order valence-corrected chi connectivity index (χ0v) is 33.2. The number of rotatable bonds is 8. The van der Waals surface area contributed by atoms with E-state index >= 15 is 0 Å². The molecule has 3 rings (SSSR count). The Bertz CT molecular complexity index is 1750. The Morgan fingerprint density at radius 2 is 1.16 bits per heavy atom. The van der Waals surface area contributed by atoms with Crippen LogP contribution in [0.15, 0.2) is 54.1 Å². The molecule has 8 heteroatoms. The number of esters is 3. The first-order valence-electron chi connectivity index (χ1n) is 17.3. The van der Waals surface area contributed by atoms with Crippen LogP contribution in [-0.4, -0.2) is 44.3 Å². The summed E-state index contributed by atoms with van der Waals surface area (Å²) in [7, 11) is 4.37. The second-order valence-corrected chi connectivity index (χ2v) is 17.3. The van der Waals surface area contributed by atoms with Gasteiger partial charge in [-0.15, -0.1) is 0 Å². The van der Waals surface area contributed by atoms with Gasteiger partial charge >= 0.3 is 17.9 Å². The average molecular weight is 700 g/mol. The summed E-state index contributed by atoms with van der Waals surface area (Å²) in [6.45, 7) is 25.3. The van der Waals surface area contributed by atoms with E-state index in [9.17, 15) is 19.5 Å². The SMILES string of the molecule is COC(=O)C(=Cc1ccc(N(C)Cc2cc(C(C)(C)C)cc(C(C)(C)C)c2OC(=O)c2cc(C(C)(C)C)c(O)c(C(C)(C)C)c2)cc1)C(=O)OC. The van der Waals surface area contributed by atoms with Gasteiger partial charge in [0, 0.05) is 41.5 Å². The van der Waals surface area contributed by atoms with Gasteiger partial charge in [0.05, 0.1) is 19.8 Å². The van der Waals surface area contributed by atoms with Crippen LogP contribution in [0.3, 0.4) is 0 Å². The minimum Gasteiger partial charge on any atom is -0.507 e. The minimum atomic E-state index is -0.782. The van der Waals surface area contributed by atoms with Crippen molar-refractivity contribution in [1.82, 2.24) is 0 Å². The molecule has 3 aromatic carbocycles. The number of anilines is 1. The number of hydrogen-bond acceptors (Lipinski definition) is 8. The lowest BCUT2D eigenvalue weighted by Crippen LogP contribution is -2.24. The molecule has 0 heterocycles. The number of phenols is 1. The largest absolute Gasteiger partial charge is 0.507 e. The van der Waals surface area contributed by atoms with Crippen LogP contribution in [0.5, 0.6) is 11.5 Å². The van der Waals surface area contributed by atoms with Crippen molar-refractivity contribution < 1.29 is 33.7 Å². The molecule has 0 bridgehead atoms. The van der Waals surface area contributed by atoms with Gasteiger partial charge < -0.3 is 24.2 Å². The highest BCUT2D eigenvalue weighted by Gasteiger charge is 2.31. The molecule has 0 atom stereocenters. The van der Waals surface area contributed by atoms with E-state index in [4.69, 9.17) is 14.2 Å². The van der Waals surface area contributed by atoms with Crippen LogP contribution in [0.4, 0.5) is 5.69 Å². The Morgan fingerprint density at radius 3 is 1.57 bits per heavy atom. The Balaban J connectivity index is 2.17. The minimum absolute atomic E-state index is 0.180. The molecule has 3 aromatic rings. The summed E-state index contributed by atoms with van der Waals surface area (Å²) in [5.74, 6) is -1.35. The third-order valence-corrected chi connectivity index (χ3v) is 8.86. The van der Waals surface area contributed by atoms with Crippen molar-refractivity contribution in [3.05, 3.63) is 93.0 Å². The van der Waals surface area contributed by atoms with Crippen LogP contribution >= 0.6 is 0 Å². The third-order valence-electron chi connectivity index (χ3n) is 8.86. The number of methoxy groups -OCH3 is 2. The molecule has 0 saturated carbocycles. The molecule has 276 valence electrons.